The molecule has 0 heterocycles. The highest BCUT2D eigenvalue weighted by molar-refractivity contribution is 7.17. The van der Waals surface area contributed by atoms with E-state index in [0.717, 1.165) is 5.66 Å². The Morgan fingerprint density at radius 1 is 0.636 bits per heavy atom. The number of hydrogen-bond donors (Lipinski definition) is 0. The zero-order valence-corrected chi connectivity index (χ0v) is 8.67. The summed E-state index contributed by atoms with van der Waals surface area (Å²) in [5.41, 5.74) is 0.924. The minimum absolute atomic E-state index is 0.924. The van der Waals surface area contributed by atoms with Crippen LogP contribution in [0.2, 0.25) is 0 Å². The fraction of sp³-hybridized carbons (Fsp3) is 1.00. The molecule has 0 N–H and O–H groups in total. The van der Waals surface area contributed by atoms with E-state index < -0.39 is 0 Å². The van der Waals surface area contributed by atoms with Crippen LogP contribution >= 0.6 is 9.24 Å². The average molecular weight is 172 g/mol. The van der Waals surface area contributed by atoms with Crippen molar-refractivity contribution in [2.75, 3.05) is 0 Å². The lowest BCUT2D eigenvalue weighted by molar-refractivity contribution is 0.511. The van der Waals surface area contributed by atoms with Crippen LogP contribution in [-0.4, -0.2) is 5.66 Å². The molecule has 1 aliphatic carbocycles. The Labute approximate surface area is 73.3 Å². The van der Waals surface area contributed by atoms with Crippen molar-refractivity contribution in [2.45, 2.75) is 63.4 Å². The lowest BCUT2D eigenvalue weighted by Gasteiger charge is -2.12. The highest BCUT2D eigenvalue weighted by Crippen LogP contribution is 2.21. The molecule has 0 nitrogen and oxygen atoms in total. The van der Waals surface area contributed by atoms with Crippen LogP contribution in [0, 0.1) is 0 Å². The first kappa shape index (κ1) is 9.52. The largest absolute Gasteiger partial charge is 0.134 e. The Morgan fingerprint density at radius 2 is 1.00 bits per heavy atom. The van der Waals surface area contributed by atoms with E-state index in [1.54, 1.807) is 0 Å². The van der Waals surface area contributed by atoms with Crippen molar-refractivity contribution < 1.29 is 0 Å². The molecule has 0 saturated heterocycles. The third kappa shape index (κ3) is 4.80. The van der Waals surface area contributed by atoms with E-state index >= 15 is 0 Å². The summed E-state index contributed by atoms with van der Waals surface area (Å²) in [6, 6.07) is 0. The van der Waals surface area contributed by atoms with Crippen molar-refractivity contribution >= 4 is 9.24 Å². The molecule has 0 amide bonds. The van der Waals surface area contributed by atoms with Crippen LogP contribution in [0.15, 0.2) is 0 Å². The minimum Gasteiger partial charge on any atom is -0.134 e. The fourth-order valence-corrected chi connectivity index (χ4v) is 2.31. The summed E-state index contributed by atoms with van der Waals surface area (Å²) < 4.78 is 0. The Kier molecular flexibility index (Phi) is 5.19. The molecule has 0 aromatic carbocycles. The van der Waals surface area contributed by atoms with Crippen LogP contribution in [0.4, 0.5) is 0 Å². The van der Waals surface area contributed by atoms with Gasteiger partial charge in [0.15, 0.2) is 0 Å². The first-order valence-electron chi connectivity index (χ1n) is 5.15. The maximum absolute atomic E-state index is 3.00. The topological polar surface area (TPSA) is 0 Å². The van der Waals surface area contributed by atoms with Crippen molar-refractivity contribution in [3.05, 3.63) is 0 Å². The van der Waals surface area contributed by atoms with E-state index in [1.165, 1.54) is 57.8 Å². The van der Waals surface area contributed by atoms with Crippen LogP contribution in [-0.2, 0) is 0 Å². The van der Waals surface area contributed by atoms with Gasteiger partial charge in [-0.25, -0.2) is 0 Å². The molecule has 0 radical (unpaired) electrons. The van der Waals surface area contributed by atoms with Crippen LogP contribution in [0.3, 0.4) is 0 Å². The van der Waals surface area contributed by atoms with E-state index in [1.807, 2.05) is 0 Å². The van der Waals surface area contributed by atoms with Gasteiger partial charge in [-0.05, 0) is 18.5 Å². The summed E-state index contributed by atoms with van der Waals surface area (Å²) >= 11 is 0. The van der Waals surface area contributed by atoms with Gasteiger partial charge in [0.1, 0.15) is 0 Å². The summed E-state index contributed by atoms with van der Waals surface area (Å²) in [6.45, 7) is 0. The maximum Gasteiger partial charge on any atom is -0.0264 e. The van der Waals surface area contributed by atoms with Crippen LogP contribution in [0.5, 0.6) is 0 Å². The third-order valence-corrected chi connectivity index (χ3v) is 3.32. The quantitative estimate of drug-likeness (QED) is 0.488. The van der Waals surface area contributed by atoms with Gasteiger partial charge in [-0.15, -0.1) is 9.24 Å². The van der Waals surface area contributed by atoms with E-state index in [4.69, 9.17) is 0 Å². The molecule has 0 bridgehead atoms. The number of rotatable bonds is 0. The first-order valence-corrected chi connectivity index (χ1v) is 5.82. The molecule has 66 valence electrons. The monoisotopic (exact) mass is 172 g/mol. The Balaban J connectivity index is 2.12. The SMILES string of the molecule is PC1CCCCCCCCC1. The molecule has 1 saturated carbocycles. The molecule has 0 aromatic rings. The Hall–Kier alpha value is 0.430. The molecule has 1 unspecified atom stereocenters. The zero-order chi connectivity index (χ0) is 7.94. The fourth-order valence-electron chi connectivity index (χ4n) is 1.84. The predicted octanol–water partition coefficient (Wildman–Crippen LogP) is 3.75. The van der Waals surface area contributed by atoms with Crippen molar-refractivity contribution in [3.63, 3.8) is 0 Å². The molecule has 0 aromatic heterocycles. The average Bonchev–Trinajstić information content (AvgIpc) is 2.03. The molecule has 1 aliphatic rings. The highest BCUT2D eigenvalue weighted by atomic mass is 31.0. The van der Waals surface area contributed by atoms with Crippen LogP contribution < -0.4 is 0 Å². The molecule has 1 heteroatoms. The van der Waals surface area contributed by atoms with Crippen LogP contribution in [0.25, 0.3) is 0 Å². The molecule has 0 aliphatic heterocycles. The molecule has 11 heavy (non-hydrogen) atoms. The molecular formula is C10H21P. The second kappa shape index (κ2) is 6.00. The smallest absolute Gasteiger partial charge is 0.0264 e. The van der Waals surface area contributed by atoms with Gasteiger partial charge < -0.3 is 0 Å². The maximum atomic E-state index is 3.00. The first-order chi connectivity index (χ1) is 5.39. The zero-order valence-electron chi connectivity index (χ0n) is 7.52. The van der Waals surface area contributed by atoms with Crippen molar-refractivity contribution in [2.24, 2.45) is 0 Å². The van der Waals surface area contributed by atoms with Gasteiger partial charge in [0.2, 0.25) is 0 Å². The van der Waals surface area contributed by atoms with Gasteiger partial charge in [-0.1, -0.05) is 44.9 Å². The van der Waals surface area contributed by atoms with E-state index in [2.05, 4.69) is 9.24 Å². The van der Waals surface area contributed by atoms with Crippen molar-refractivity contribution in [1.29, 1.82) is 0 Å². The van der Waals surface area contributed by atoms with Gasteiger partial charge in [-0.3, -0.25) is 0 Å². The molecule has 1 atom stereocenters. The van der Waals surface area contributed by atoms with E-state index in [0.29, 0.717) is 0 Å². The molecule has 0 spiro atoms. The van der Waals surface area contributed by atoms with Gasteiger partial charge in [0, 0.05) is 0 Å². The summed E-state index contributed by atoms with van der Waals surface area (Å²) in [5, 5.41) is 0. The summed E-state index contributed by atoms with van der Waals surface area (Å²) in [6.07, 6.45) is 13.2. The third-order valence-electron chi connectivity index (χ3n) is 2.65. The Bertz CT molecular complexity index is 80.9. The van der Waals surface area contributed by atoms with Gasteiger partial charge in [0.05, 0.1) is 0 Å². The molecular weight excluding hydrogens is 151 g/mol. The summed E-state index contributed by atoms with van der Waals surface area (Å²) in [5.74, 6) is 0. The second-order valence-corrected chi connectivity index (χ2v) is 4.76. The lowest BCUT2D eigenvalue weighted by Crippen LogP contribution is -1.99. The van der Waals surface area contributed by atoms with E-state index in [-0.39, 0.29) is 0 Å². The lowest BCUT2D eigenvalue weighted by atomic mass is 10.0. The predicted molar refractivity (Wildman–Crippen MR) is 55.1 cm³/mol. The van der Waals surface area contributed by atoms with Gasteiger partial charge in [0.25, 0.3) is 0 Å². The van der Waals surface area contributed by atoms with Crippen molar-refractivity contribution in [3.8, 4) is 0 Å². The summed E-state index contributed by atoms with van der Waals surface area (Å²) in [4.78, 5) is 0. The second-order valence-electron chi connectivity index (χ2n) is 3.81. The Morgan fingerprint density at radius 3 is 1.45 bits per heavy atom. The van der Waals surface area contributed by atoms with E-state index in [9.17, 15) is 0 Å². The molecule has 1 rings (SSSR count). The van der Waals surface area contributed by atoms with Gasteiger partial charge >= 0.3 is 0 Å². The van der Waals surface area contributed by atoms with Crippen molar-refractivity contribution in [1.82, 2.24) is 0 Å². The van der Waals surface area contributed by atoms with Gasteiger partial charge in [-0.2, -0.15) is 0 Å². The highest BCUT2D eigenvalue weighted by Gasteiger charge is 2.03. The standard InChI is InChI=1S/C10H21P/c11-10-8-6-4-2-1-3-5-7-9-10/h10H,1-9,11H2. The minimum atomic E-state index is 0.924. The summed E-state index contributed by atoms with van der Waals surface area (Å²) in [7, 11) is 3.00. The number of hydrogen-bond acceptors (Lipinski definition) is 0. The van der Waals surface area contributed by atoms with Crippen LogP contribution in [0.1, 0.15) is 57.8 Å². The normalized spacial score (nSPS) is 24.8. The molecule has 1 fully saturated rings.